The molecular weight excluding hydrogens is 272 g/mol. The first-order valence-electron chi connectivity index (χ1n) is 6.54. The van der Waals surface area contributed by atoms with Crippen molar-refractivity contribution in [3.8, 4) is 5.75 Å². The Morgan fingerprint density at radius 3 is 2.75 bits per heavy atom. The topological polar surface area (TPSA) is 52.1 Å². The smallest absolute Gasteiger partial charge is 0.206 e. The van der Waals surface area contributed by atoms with Gasteiger partial charge >= 0.3 is 0 Å². The standard InChI is InChI=1S/C15H18N2O2S/c1-5-19-11-8-6-7-10(9-11)12(18)13-14(15(2,3)4)16-17-20-13/h6-9H,5H2,1-4H3. The Labute approximate surface area is 123 Å². The molecule has 0 aliphatic carbocycles. The summed E-state index contributed by atoms with van der Waals surface area (Å²) in [5.41, 5.74) is 1.15. The van der Waals surface area contributed by atoms with Crippen LogP contribution in [0.15, 0.2) is 24.3 Å². The van der Waals surface area contributed by atoms with Crippen molar-refractivity contribution < 1.29 is 9.53 Å². The van der Waals surface area contributed by atoms with Gasteiger partial charge in [0, 0.05) is 11.0 Å². The first-order chi connectivity index (χ1) is 9.43. The molecule has 0 spiro atoms. The van der Waals surface area contributed by atoms with Crippen LogP contribution < -0.4 is 4.74 Å². The monoisotopic (exact) mass is 290 g/mol. The second-order valence-electron chi connectivity index (χ2n) is 5.49. The second-order valence-corrected chi connectivity index (χ2v) is 6.24. The van der Waals surface area contributed by atoms with E-state index in [1.807, 2.05) is 39.8 Å². The number of benzene rings is 1. The Hall–Kier alpha value is -1.75. The van der Waals surface area contributed by atoms with Gasteiger partial charge in [-0.1, -0.05) is 37.4 Å². The molecule has 1 aromatic carbocycles. The molecule has 20 heavy (non-hydrogen) atoms. The molecule has 0 unspecified atom stereocenters. The lowest BCUT2D eigenvalue weighted by molar-refractivity contribution is 0.104. The van der Waals surface area contributed by atoms with Gasteiger partial charge in [0.2, 0.25) is 5.78 Å². The molecule has 2 aromatic rings. The summed E-state index contributed by atoms with van der Waals surface area (Å²) in [5, 5.41) is 4.11. The van der Waals surface area contributed by atoms with Crippen molar-refractivity contribution in [1.82, 2.24) is 9.59 Å². The molecule has 106 valence electrons. The SMILES string of the molecule is CCOc1cccc(C(=O)c2snnc2C(C)(C)C)c1. The molecule has 0 aliphatic rings. The summed E-state index contributed by atoms with van der Waals surface area (Å²) in [6, 6.07) is 7.22. The summed E-state index contributed by atoms with van der Waals surface area (Å²) in [6.07, 6.45) is 0. The number of nitrogens with zero attached hydrogens (tertiary/aromatic N) is 2. The summed E-state index contributed by atoms with van der Waals surface area (Å²) in [7, 11) is 0. The van der Waals surface area contributed by atoms with Crippen LogP contribution in [0.4, 0.5) is 0 Å². The molecule has 0 saturated carbocycles. The maximum atomic E-state index is 12.6. The fourth-order valence-electron chi connectivity index (χ4n) is 1.86. The van der Waals surface area contributed by atoms with Gasteiger partial charge in [-0.15, -0.1) is 5.10 Å². The Morgan fingerprint density at radius 1 is 1.35 bits per heavy atom. The predicted molar refractivity (Wildman–Crippen MR) is 79.7 cm³/mol. The summed E-state index contributed by atoms with van der Waals surface area (Å²) >= 11 is 1.15. The van der Waals surface area contributed by atoms with Crippen LogP contribution >= 0.6 is 11.5 Å². The van der Waals surface area contributed by atoms with Crippen molar-refractivity contribution in [3.05, 3.63) is 40.4 Å². The zero-order chi connectivity index (χ0) is 14.8. The van der Waals surface area contributed by atoms with Gasteiger partial charge in [0.1, 0.15) is 10.6 Å². The third-order valence-electron chi connectivity index (χ3n) is 2.81. The minimum atomic E-state index is -0.199. The highest BCUT2D eigenvalue weighted by atomic mass is 32.1. The predicted octanol–water partition coefficient (Wildman–Crippen LogP) is 3.47. The maximum Gasteiger partial charge on any atom is 0.206 e. The van der Waals surface area contributed by atoms with Crippen LogP contribution in [0.1, 0.15) is 48.6 Å². The summed E-state index contributed by atoms with van der Waals surface area (Å²) in [5.74, 6) is 0.652. The van der Waals surface area contributed by atoms with E-state index < -0.39 is 0 Å². The Balaban J connectivity index is 2.37. The van der Waals surface area contributed by atoms with E-state index in [1.165, 1.54) is 0 Å². The van der Waals surface area contributed by atoms with Crippen LogP contribution in [0, 0.1) is 0 Å². The van der Waals surface area contributed by atoms with Crippen molar-refractivity contribution in [3.63, 3.8) is 0 Å². The highest BCUT2D eigenvalue weighted by Gasteiger charge is 2.27. The van der Waals surface area contributed by atoms with Crippen LogP contribution in [0.2, 0.25) is 0 Å². The zero-order valence-electron chi connectivity index (χ0n) is 12.1. The molecule has 4 nitrogen and oxygen atoms in total. The Bertz CT molecular complexity index is 614. The number of hydrogen-bond donors (Lipinski definition) is 0. The van der Waals surface area contributed by atoms with Crippen LogP contribution in [0.25, 0.3) is 0 Å². The molecule has 0 atom stereocenters. The largest absolute Gasteiger partial charge is 0.494 e. The van der Waals surface area contributed by atoms with Crippen molar-refractivity contribution >= 4 is 17.3 Å². The van der Waals surface area contributed by atoms with Gasteiger partial charge in [-0.3, -0.25) is 4.79 Å². The lowest BCUT2D eigenvalue weighted by Crippen LogP contribution is -2.16. The molecule has 0 radical (unpaired) electrons. The van der Waals surface area contributed by atoms with Gasteiger partial charge in [-0.05, 0) is 30.6 Å². The van der Waals surface area contributed by atoms with Crippen LogP contribution in [0.3, 0.4) is 0 Å². The first-order valence-corrected chi connectivity index (χ1v) is 7.31. The van der Waals surface area contributed by atoms with E-state index in [0.717, 1.165) is 17.2 Å². The molecule has 0 N–H and O–H groups in total. The average Bonchev–Trinajstić information content (AvgIpc) is 2.87. The van der Waals surface area contributed by atoms with Crippen molar-refractivity contribution in [2.24, 2.45) is 0 Å². The third-order valence-corrected chi connectivity index (χ3v) is 3.54. The molecule has 2 rings (SSSR count). The molecule has 1 heterocycles. The molecule has 0 amide bonds. The lowest BCUT2D eigenvalue weighted by atomic mass is 9.90. The quantitative estimate of drug-likeness (QED) is 0.809. The zero-order valence-corrected chi connectivity index (χ0v) is 13.0. The molecular formula is C15H18N2O2S. The fraction of sp³-hybridized carbons (Fsp3) is 0.400. The number of aromatic nitrogens is 2. The lowest BCUT2D eigenvalue weighted by Gasteiger charge is -2.16. The number of carbonyl (C=O) groups is 1. The minimum Gasteiger partial charge on any atom is -0.494 e. The summed E-state index contributed by atoms with van der Waals surface area (Å²) in [4.78, 5) is 13.2. The maximum absolute atomic E-state index is 12.6. The van der Waals surface area contributed by atoms with E-state index in [0.29, 0.717) is 22.8 Å². The summed E-state index contributed by atoms with van der Waals surface area (Å²) in [6.45, 7) is 8.57. The molecule has 0 saturated heterocycles. The van der Waals surface area contributed by atoms with Crippen LogP contribution in [-0.2, 0) is 5.41 Å². The summed E-state index contributed by atoms with van der Waals surface area (Å²) < 4.78 is 9.36. The number of carbonyl (C=O) groups excluding carboxylic acids is 1. The molecule has 0 fully saturated rings. The number of hydrogen-bond acceptors (Lipinski definition) is 5. The normalized spacial score (nSPS) is 11.4. The van der Waals surface area contributed by atoms with Gasteiger partial charge in [0.25, 0.3) is 0 Å². The number of rotatable bonds is 4. The van der Waals surface area contributed by atoms with Crippen LogP contribution in [0.5, 0.6) is 5.75 Å². The Kier molecular flexibility index (Phi) is 4.18. The van der Waals surface area contributed by atoms with E-state index in [9.17, 15) is 4.79 Å². The number of ether oxygens (including phenoxy) is 1. The molecule has 0 aliphatic heterocycles. The van der Waals surface area contributed by atoms with Gasteiger partial charge in [-0.2, -0.15) is 0 Å². The van der Waals surface area contributed by atoms with Gasteiger partial charge < -0.3 is 4.74 Å². The van der Waals surface area contributed by atoms with E-state index in [-0.39, 0.29) is 11.2 Å². The third kappa shape index (κ3) is 3.04. The average molecular weight is 290 g/mol. The first kappa shape index (κ1) is 14.7. The molecule has 1 aromatic heterocycles. The van der Waals surface area contributed by atoms with Crippen molar-refractivity contribution in [2.75, 3.05) is 6.61 Å². The number of ketones is 1. The molecule has 0 bridgehead atoms. The van der Waals surface area contributed by atoms with Gasteiger partial charge in [0.15, 0.2) is 0 Å². The van der Waals surface area contributed by atoms with E-state index in [1.54, 1.807) is 12.1 Å². The second kappa shape index (κ2) is 5.71. The van der Waals surface area contributed by atoms with Crippen molar-refractivity contribution in [2.45, 2.75) is 33.1 Å². The van der Waals surface area contributed by atoms with Gasteiger partial charge in [0.05, 0.1) is 12.3 Å². The van der Waals surface area contributed by atoms with Crippen molar-refractivity contribution in [1.29, 1.82) is 0 Å². The van der Waals surface area contributed by atoms with E-state index >= 15 is 0 Å². The van der Waals surface area contributed by atoms with Gasteiger partial charge in [-0.25, -0.2) is 0 Å². The van der Waals surface area contributed by atoms with Crippen LogP contribution in [-0.4, -0.2) is 22.0 Å². The van der Waals surface area contributed by atoms with E-state index in [4.69, 9.17) is 4.74 Å². The Morgan fingerprint density at radius 2 is 2.10 bits per heavy atom. The highest BCUT2D eigenvalue weighted by molar-refractivity contribution is 7.08. The fourth-order valence-corrected chi connectivity index (χ4v) is 2.69. The minimum absolute atomic E-state index is 0.0496. The molecule has 5 heteroatoms. The van der Waals surface area contributed by atoms with E-state index in [2.05, 4.69) is 9.59 Å². The highest BCUT2D eigenvalue weighted by Crippen LogP contribution is 2.28.